The van der Waals surface area contributed by atoms with Gasteiger partial charge in [-0.2, -0.15) is 4.98 Å². The van der Waals surface area contributed by atoms with Crippen LogP contribution in [0, 0.1) is 18.7 Å². The summed E-state index contributed by atoms with van der Waals surface area (Å²) in [4.78, 5) is 32.7. The first kappa shape index (κ1) is 20.0. The minimum Gasteiger partial charge on any atom is -0.477 e. The maximum absolute atomic E-state index is 14.3. The Morgan fingerprint density at radius 3 is 2.73 bits per heavy atom. The van der Waals surface area contributed by atoms with Crippen molar-refractivity contribution in [2.75, 3.05) is 18.5 Å². The number of fused-ring (bicyclic) bond motifs is 1. The van der Waals surface area contributed by atoms with Crippen molar-refractivity contribution in [3.8, 4) is 0 Å². The summed E-state index contributed by atoms with van der Waals surface area (Å²) in [7, 11) is 1.62. The largest absolute Gasteiger partial charge is 0.477 e. The van der Waals surface area contributed by atoms with Gasteiger partial charge >= 0.3 is 5.97 Å². The number of pyridine rings is 1. The molecule has 9 nitrogen and oxygen atoms in total. The van der Waals surface area contributed by atoms with E-state index in [1.807, 2.05) is 0 Å². The lowest BCUT2D eigenvalue weighted by molar-refractivity contribution is 0.0612. The van der Waals surface area contributed by atoms with Gasteiger partial charge in [-0.05, 0) is 37.8 Å². The Hall–Kier alpha value is -3.27. The van der Waals surface area contributed by atoms with Crippen molar-refractivity contribution in [3.05, 3.63) is 45.9 Å². The molecule has 2 N–H and O–H groups in total. The summed E-state index contributed by atoms with van der Waals surface area (Å²) < 4.78 is 22.5. The molecule has 0 saturated carbocycles. The number of hydrogen-bond acceptors (Lipinski definition) is 6. The quantitative estimate of drug-likeness (QED) is 0.658. The molecule has 1 aliphatic heterocycles. The maximum atomic E-state index is 14.3. The Morgan fingerprint density at radius 2 is 2.07 bits per heavy atom. The molecule has 4 heterocycles. The van der Waals surface area contributed by atoms with E-state index in [2.05, 4.69) is 15.3 Å². The predicted octanol–water partition coefficient (Wildman–Crippen LogP) is 2.45. The van der Waals surface area contributed by atoms with Crippen molar-refractivity contribution in [1.82, 2.24) is 19.1 Å². The maximum Gasteiger partial charge on any atom is 0.352 e. The molecule has 0 amide bonds. The monoisotopic (exact) mass is 415 g/mol. The lowest BCUT2D eigenvalue weighted by Crippen LogP contribution is -2.30. The summed E-state index contributed by atoms with van der Waals surface area (Å²) >= 11 is 0. The van der Waals surface area contributed by atoms with Crippen molar-refractivity contribution in [2.24, 2.45) is 13.0 Å². The molecule has 1 fully saturated rings. The number of halogens is 1. The highest BCUT2D eigenvalue weighted by molar-refractivity contribution is 5.87. The van der Waals surface area contributed by atoms with Crippen molar-refractivity contribution >= 4 is 28.6 Å². The number of anilines is 2. The molecular formula is C20H22FN5O4. The highest BCUT2D eigenvalue weighted by Gasteiger charge is 2.20. The molecule has 0 bridgehead atoms. The normalized spacial score (nSPS) is 14.9. The number of aryl methyl sites for hydroxylation is 2. The van der Waals surface area contributed by atoms with Gasteiger partial charge in [0.2, 0.25) is 5.95 Å². The van der Waals surface area contributed by atoms with Crippen molar-refractivity contribution in [2.45, 2.75) is 26.3 Å². The summed E-state index contributed by atoms with van der Waals surface area (Å²) in [6, 6.07) is 2.63. The fourth-order valence-electron chi connectivity index (χ4n) is 3.74. The van der Waals surface area contributed by atoms with Gasteiger partial charge in [0.25, 0.3) is 5.56 Å². The van der Waals surface area contributed by atoms with E-state index >= 15 is 0 Å². The second-order valence-electron chi connectivity index (χ2n) is 7.49. The van der Waals surface area contributed by atoms with Gasteiger partial charge in [-0.25, -0.2) is 14.2 Å². The fourth-order valence-corrected chi connectivity index (χ4v) is 3.74. The minimum absolute atomic E-state index is 0.105. The van der Waals surface area contributed by atoms with Gasteiger partial charge in [0.15, 0.2) is 5.82 Å². The van der Waals surface area contributed by atoms with Gasteiger partial charge in [0, 0.05) is 38.4 Å². The fraction of sp³-hybridized carbons (Fsp3) is 0.400. The van der Waals surface area contributed by atoms with E-state index in [1.165, 1.54) is 21.3 Å². The highest BCUT2D eigenvalue weighted by atomic mass is 19.1. The van der Waals surface area contributed by atoms with Crippen LogP contribution in [0.4, 0.5) is 16.0 Å². The number of ether oxygens (including phenoxy) is 1. The Morgan fingerprint density at radius 1 is 1.33 bits per heavy atom. The lowest BCUT2D eigenvalue weighted by atomic mass is 10.0. The molecule has 0 radical (unpaired) electrons. The zero-order valence-electron chi connectivity index (χ0n) is 16.7. The average Bonchev–Trinajstić information content (AvgIpc) is 3.07. The molecule has 30 heavy (non-hydrogen) atoms. The second-order valence-corrected chi connectivity index (χ2v) is 7.49. The van der Waals surface area contributed by atoms with Crippen molar-refractivity contribution in [3.63, 3.8) is 0 Å². The Labute approximate surface area is 171 Å². The van der Waals surface area contributed by atoms with Crippen LogP contribution in [0.1, 0.15) is 29.0 Å². The van der Waals surface area contributed by atoms with Gasteiger partial charge in [0.1, 0.15) is 11.3 Å². The third-order valence-electron chi connectivity index (χ3n) is 5.35. The molecule has 0 aromatic carbocycles. The number of carboxylic acid groups (broad SMARTS) is 1. The van der Waals surface area contributed by atoms with Crippen LogP contribution in [-0.2, 0) is 18.3 Å². The molecule has 4 rings (SSSR count). The molecule has 3 aromatic heterocycles. The number of hydrogen-bond donors (Lipinski definition) is 2. The van der Waals surface area contributed by atoms with Crippen LogP contribution in [0.3, 0.4) is 0 Å². The Balaban J connectivity index is 1.76. The van der Waals surface area contributed by atoms with Crippen LogP contribution in [0.25, 0.3) is 11.0 Å². The van der Waals surface area contributed by atoms with Crippen LogP contribution in [0.15, 0.2) is 23.1 Å². The SMILES string of the molecule is Cc1nc(Nc2cc(C(=O)O)n(C)c2)nc2c1cc(F)c(=O)n2CC1CCOCC1. The summed E-state index contributed by atoms with van der Waals surface area (Å²) in [6.45, 7) is 3.30. The Kier molecular flexibility index (Phi) is 5.25. The number of rotatable bonds is 5. The lowest BCUT2D eigenvalue weighted by Gasteiger charge is -2.23. The van der Waals surface area contributed by atoms with Crippen LogP contribution in [0.5, 0.6) is 0 Å². The van der Waals surface area contributed by atoms with Crippen molar-refractivity contribution in [1.29, 1.82) is 0 Å². The molecule has 0 spiro atoms. The number of nitrogens with one attached hydrogen (secondary N) is 1. The number of aromatic carboxylic acids is 1. The molecule has 0 unspecified atom stereocenters. The number of carbonyl (C=O) groups is 1. The van der Waals surface area contributed by atoms with Gasteiger partial charge < -0.3 is 19.7 Å². The smallest absolute Gasteiger partial charge is 0.352 e. The van der Waals surface area contributed by atoms with E-state index in [1.54, 1.807) is 20.2 Å². The zero-order chi connectivity index (χ0) is 21.4. The molecule has 0 aliphatic carbocycles. The van der Waals surface area contributed by atoms with E-state index in [0.717, 1.165) is 12.8 Å². The molecular weight excluding hydrogens is 393 g/mol. The molecule has 0 atom stereocenters. The standard InChI is InChI=1S/C20H22FN5O4/c1-11-14-8-15(21)18(27)26(9-12-3-5-30-6-4-12)17(14)24-20(22-11)23-13-7-16(19(28)29)25(2)10-13/h7-8,10,12H,3-6,9H2,1-2H3,(H,28,29)(H,22,23,24). The van der Waals surface area contributed by atoms with E-state index < -0.39 is 17.3 Å². The van der Waals surface area contributed by atoms with Crippen LogP contribution in [0.2, 0.25) is 0 Å². The summed E-state index contributed by atoms with van der Waals surface area (Å²) in [5.41, 5.74) is 0.738. The number of nitrogens with zero attached hydrogens (tertiary/aromatic N) is 4. The van der Waals surface area contributed by atoms with E-state index in [9.17, 15) is 19.1 Å². The third kappa shape index (κ3) is 3.78. The van der Waals surface area contributed by atoms with E-state index in [0.29, 0.717) is 42.2 Å². The first-order chi connectivity index (χ1) is 14.3. The summed E-state index contributed by atoms with van der Waals surface area (Å²) in [6.07, 6.45) is 3.19. The number of aromatic nitrogens is 4. The molecule has 3 aromatic rings. The van der Waals surface area contributed by atoms with E-state index in [-0.39, 0.29) is 17.6 Å². The van der Waals surface area contributed by atoms with Gasteiger partial charge in [-0.3, -0.25) is 9.36 Å². The summed E-state index contributed by atoms with van der Waals surface area (Å²) in [5.74, 6) is -1.49. The molecule has 1 aliphatic rings. The number of carboxylic acids is 1. The van der Waals surface area contributed by atoms with Gasteiger partial charge in [0.05, 0.1) is 11.4 Å². The molecule has 10 heteroatoms. The minimum atomic E-state index is -1.05. The van der Waals surface area contributed by atoms with Crippen molar-refractivity contribution < 1.29 is 19.0 Å². The predicted molar refractivity (Wildman–Crippen MR) is 108 cm³/mol. The van der Waals surface area contributed by atoms with E-state index in [4.69, 9.17) is 4.74 Å². The topological polar surface area (TPSA) is 111 Å². The zero-order valence-corrected chi connectivity index (χ0v) is 16.7. The Bertz CT molecular complexity index is 1180. The van der Waals surface area contributed by atoms with Crippen LogP contribution >= 0.6 is 0 Å². The van der Waals surface area contributed by atoms with Gasteiger partial charge in [-0.1, -0.05) is 0 Å². The molecule has 158 valence electrons. The first-order valence-corrected chi connectivity index (χ1v) is 9.65. The average molecular weight is 415 g/mol. The van der Waals surface area contributed by atoms with Crippen LogP contribution < -0.4 is 10.9 Å². The highest BCUT2D eigenvalue weighted by Crippen LogP contribution is 2.23. The molecule has 1 saturated heterocycles. The second kappa shape index (κ2) is 7.86. The third-order valence-corrected chi connectivity index (χ3v) is 5.35. The first-order valence-electron chi connectivity index (χ1n) is 9.65. The summed E-state index contributed by atoms with van der Waals surface area (Å²) in [5, 5.41) is 12.7. The van der Waals surface area contributed by atoms with Crippen LogP contribution in [-0.4, -0.2) is 43.4 Å². The van der Waals surface area contributed by atoms with Gasteiger partial charge in [-0.15, -0.1) is 0 Å².